The van der Waals surface area contributed by atoms with Gasteiger partial charge in [0.25, 0.3) is 0 Å². The number of ether oxygens (including phenoxy) is 4. The number of halogens is 2. The van der Waals surface area contributed by atoms with Crippen molar-refractivity contribution >= 4 is 17.7 Å². The first-order valence-electron chi connectivity index (χ1n) is 10.4. The number of aliphatic hydroxyl groups is 1. The Balaban J connectivity index is 2.32. The van der Waals surface area contributed by atoms with Crippen LogP contribution < -0.4 is 10.1 Å². The summed E-state index contributed by atoms with van der Waals surface area (Å²) in [6.45, 7) is 3.33. The van der Waals surface area contributed by atoms with Gasteiger partial charge in [-0.2, -0.15) is 0 Å². The van der Waals surface area contributed by atoms with E-state index in [0.717, 1.165) is 12.1 Å². The minimum absolute atomic E-state index is 0.104. The summed E-state index contributed by atoms with van der Waals surface area (Å²) < 4.78 is 48.4. The highest BCUT2D eigenvalue weighted by atomic mass is 19.1. The van der Waals surface area contributed by atoms with Gasteiger partial charge in [0.15, 0.2) is 6.10 Å². The maximum absolute atomic E-state index is 13.9. The summed E-state index contributed by atoms with van der Waals surface area (Å²) in [5, 5.41) is 11.1. The van der Waals surface area contributed by atoms with Gasteiger partial charge >= 0.3 is 12.1 Å². The van der Waals surface area contributed by atoms with Gasteiger partial charge in [-0.1, -0.05) is 12.1 Å². The number of hydrogen-bond donors (Lipinski definition) is 2. The molecule has 10 heteroatoms. The third-order valence-electron chi connectivity index (χ3n) is 4.55. The molecule has 0 aromatic heterocycles. The summed E-state index contributed by atoms with van der Waals surface area (Å²) in [6.07, 6.45) is -1.56. The molecule has 2 rings (SSSR count). The number of esters is 1. The van der Waals surface area contributed by atoms with E-state index in [1.54, 1.807) is 31.2 Å². The minimum Gasteiger partial charge on any atom is -0.491 e. The minimum atomic E-state index is -1.07. The monoisotopic (exact) mass is 479 g/mol. The van der Waals surface area contributed by atoms with Gasteiger partial charge in [-0.25, -0.2) is 18.4 Å². The van der Waals surface area contributed by atoms with E-state index in [0.29, 0.717) is 17.4 Å². The highest BCUT2D eigenvalue weighted by Gasteiger charge is 2.27. The Morgan fingerprint density at radius 3 is 2.44 bits per heavy atom. The van der Waals surface area contributed by atoms with Crippen LogP contribution in [0.5, 0.6) is 5.75 Å². The number of rotatable bonds is 11. The maximum atomic E-state index is 13.9. The van der Waals surface area contributed by atoms with Gasteiger partial charge in [-0.05, 0) is 49.8 Å². The van der Waals surface area contributed by atoms with Crippen LogP contribution in [0.3, 0.4) is 0 Å². The smallest absolute Gasteiger partial charge is 0.412 e. The maximum Gasteiger partial charge on any atom is 0.412 e. The Bertz CT molecular complexity index is 995. The second kappa shape index (κ2) is 13.3. The number of carbonyl (C=O) groups is 2. The van der Waals surface area contributed by atoms with Crippen LogP contribution in [-0.2, 0) is 19.0 Å². The van der Waals surface area contributed by atoms with E-state index in [2.05, 4.69) is 5.32 Å². The molecule has 34 heavy (non-hydrogen) atoms. The molecule has 0 aliphatic rings. The fraction of sp³-hybridized carbons (Fsp3) is 0.333. The molecule has 2 aromatic rings. The van der Waals surface area contributed by atoms with E-state index < -0.39 is 35.9 Å². The van der Waals surface area contributed by atoms with E-state index in [9.17, 15) is 18.4 Å². The van der Waals surface area contributed by atoms with Crippen LogP contribution in [0.2, 0.25) is 0 Å². The average Bonchev–Trinajstić information content (AvgIpc) is 2.82. The summed E-state index contributed by atoms with van der Waals surface area (Å²) >= 11 is 0. The molecule has 0 unspecified atom stereocenters. The zero-order valence-corrected chi connectivity index (χ0v) is 19.0. The van der Waals surface area contributed by atoms with Crippen molar-refractivity contribution in [2.24, 2.45) is 0 Å². The molecular weight excluding hydrogens is 452 g/mol. The highest BCUT2D eigenvalue weighted by molar-refractivity contribution is 5.88. The van der Waals surface area contributed by atoms with Gasteiger partial charge in [-0.15, -0.1) is 0 Å². The number of anilines is 1. The van der Waals surface area contributed by atoms with Crippen molar-refractivity contribution in [1.82, 2.24) is 0 Å². The van der Waals surface area contributed by atoms with Gasteiger partial charge in [0.1, 0.15) is 30.1 Å². The molecule has 184 valence electrons. The Labute approximate surface area is 196 Å². The number of hydrogen-bond acceptors (Lipinski definition) is 7. The molecule has 0 heterocycles. The standard InChI is InChI=1S/C24H27F2NO7/c1-4-32-23(29)15(2)13-21(31-3)22(16-5-8-18(9-6-16)33-12-11-28)34-24(30)27-20-10-7-17(25)14-19(20)26/h5-10,13-14,21-22,28H,4,11-12H2,1-3H3,(H,27,30)/b15-13+/t21-,22-/m1/s1. The number of nitrogens with one attached hydrogen (secondary N) is 1. The molecule has 0 saturated carbocycles. The van der Waals surface area contributed by atoms with Crippen molar-refractivity contribution in [3.05, 3.63) is 71.3 Å². The van der Waals surface area contributed by atoms with Gasteiger partial charge in [0, 0.05) is 18.7 Å². The molecule has 2 atom stereocenters. The van der Waals surface area contributed by atoms with Crippen molar-refractivity contribution in [2.75, 3.05) is 32.2 Å². The van der Waals surface area contributed by atoms with Crippen LogP contribution >= 0.6 is 0 Å². The van der Waals surface area contributed by atoms with Gasteiger partial charge < -0.3 is 24.1 Å². The van der Waals surface area contributed by atoms with Crippen LogP contribution in [0.15, 0.2) is 54.1 Å². The second-order valence-corrected chi connectivity index (χ2v) is 6.99. The number of methoxy groups -OCH3 is 1. The molecule has 2 N–H and O–H groups in total. The second-order valence-electron chi connectivity index (χ2n) is 6.99. The topological polar surface area (TPSA) is 103 Å². The normalized spacial score (nSPS) is 13.1. The fourth-order valence-electron chi connectivity index (χ4n) is 2.93. The third kappa shape index (κ3) is 7.82. The van der Waals surface area contributed by atoms with Crippen molar-refractivity contribution in [3.8, 4) is 5.75 Å². The molecule has 0 saturated heterocycles. The van der Waals surface area contributed by atoms with Gasteiger partial charge in [-0.3, -0.25) is 5.32 Å². The summed E-state index contributed by atoms with van der Waals surface area (Å²) in [6, 6.07) is 9.12. The van der Waals surface area contributed by atoms with Crippen molar-refractivity contribution in [3.63, 3.8) is 0 Å². The van der Waals surface area contributed by atoms with Crippen LogP contribution in [0.25, 0.3) is 0 Å². The third-order valence-corrected chi connectivity index (χ3v) is 4.55. The summed E-state index contributed by atoms with van der Waals surface area (Å²) in [7, 11) is 1.37. The molecular formula is C24H27F2NO7. The van der Waals surface area contributed by atoms with Crippen molar-refractivity contribution in [2.45, 2.75) is 26.1 Å². The Kier molecular flexibility index (Phi) is 10.4. The number of benzene rings is 2. The van der Waals surface area contributed by atoms with Gasteiger partial charge in [0.2, 0.25) is 0 Å². The first kappa shape index (κ1) is 26.7. The molecule has 0 aliphatic heterocycles. The van der Waals surface area contributed by atoms with E-state index in [-0.39, 0.29) is 31.1 Å². The molecule has 2 aromatic carbocycles. The molecule has 8 nitrogen and oxygen atoms in total. The van der Waals surface area contributed by atoms with Crippen molar-refractivity contribution in [1.29, 1.82) is 0 Å². The predicted octanol–water partition coefficient (Wildman–Crippen LogP) is 4.15. The van der Waals surface area contributed by atoms with Crippen LogP contribution in [0, 0.1) is 11.6 Å². The van der Waals surface area contributed by atoms with Crippen LogP contribution in [-0.4, -0.2) is 50.2 Å². The zero-order valence-electron chi connectivity index (χ0n) is 19.0. The summed E-state index contributed by atoms with van der Waals surface area (Å²) in [5.41, 5.74) is 0.436. The first-order valence-corrected chi connectivity index (χ1v) is 10.4. The highest BCUT2D eigenvalue weighted by Crippen LogP contribution is 2.28. The van der Waals surface area contributed by atoms with Crippen LogP contribution in [0.1, 0.15) is 25.5 Å². The Morgan fingerprint density at radius 2 is 1.85 bits per heavy atom. The van der Waals surface area contributed by atoms with E-state index >= 15 is 0 Å². The first-order chi connectivity index (χ1) is 16.3. The Hall–Kier alpha value is -3.50. The predicted molar refractivity (Wildman–Crippen MR) is 119 cm³/mol. The number of amides is 1. The van der Waals surface area contributed by atoms with E-state index in [4.69, 9.17) is 24.1 Å². The molecule has 0 aliphatic carbocycles. The average molecular weight is 479 g/mol. The lowest BCUT2D eigenvalue weighted by atomic mass is 10.0. The van der Waals surface area contributed by atoms with Gasteiger partial charge in [0.05, 0.1) is 18.9 Å². The quantitative estimate of drug-likeness (QED) is 0.369. The van der Waals surface area contributed by atoms with Crippen molar-refractivity contribution < 1.29 is 42.4 Å². The molecule has 0 fully saturated rings. The van der Waals surface area contributed by atoms with Crippen LogP contribution in [0.4, 0.5) is 19.3 Å². The van der Waals surface area contributed by atoms with E-state index in [1.165, 1.54) is 20.1 Å². The zero-order chi connectivity index (χ0) is 25.1. The summed E-state index contributed by atoms with van der Waals surface area (Å²) in [5.74, 6) is -1.85. The molecule has 0 radical (unpaired) electrons. The lowest BCUT2D eigenvalue weighted by Crippen LogP contribution is -2.27. The Morgan fingerprint density at radius 1 is 1.15 bits per heavy atom. The van der Waals surface area contributed by atoms with E-state index in [1.807, 2.05) is 0 Å². The molecule has 0 bridgehead atoms. The lowest BCUT2D eigenvalue weighted by Gasteiger charge is -2.25. The largest absolute Gasteiger partial charge is 0.491 e. The SMILES string of the molecule is CCOC(=O)/C(C)=C/[C@@H](OC)[C@H](OC(=O)Nc1ccc(F)cc1F)c1ccc(OCCO)cc1. The number of aliphatic hydroxyl groups excluding tert-OH is 1. The fourth-order valence-corrected chi connectivity index (χ4v) is 2.93. The summed E-state index contributed by atoms with van der Waals surface area (Å²) in [4.78, 5) is 24.6. The molecule has 1 amide bonds. The number of carbonyl (C=O) groups excluding carboxylic acids is 2. The molecule has 0 spiro atoms. The lowest BCUT2D eigenvalue weighted by molar-refractivity contribution is -0.138.